The van der Waals surface area contributed by atoms with Gasteiger partial charge < -0.3 is 9.67 Å². The molecule has 1 saturated heterocycles. The SMILES string of the molecule is CC(=O)O.Clc1ccc(Cn2c(CN3CCCC3)nc3ccccc32)cc1. The van der Waals surface area contributed by atoms with Crippen LogP contribution in [0.5, 0.6) is 0 Å². The Morgan fingerprint density at radius 2 is 1.70 bits per heavy atom. The van der Waals surface area contributed by atoms with Gasteiger partial charge in [-0.3, -0.25) is 9.69 Å². The van der Waals surface area contributed by atoms with Crippen molar-refractivity contribution < 1.29 is 9.90 Å². The molecule has 0 spiro atoms. The molecule has 0 saturated carbocycles. The Bertz CT molecular complexity index is 895. The zero-order valence-corrected chi connectivity index (χ0v) is 16.2. The number of hydrogen-bond donors (Lipinski definition) is 1. The van der Waals surface area contributed by atoms with Crippen molar-refractivity contribution in [1.29, 1.82) is 0 Å². The molecule has 4 rings (SSSR count). The number of aliphatic carboxylic acids is 1. The number of para-hydroxylation sites is 2. The predicted octanol–water partition coefficient (Wildman–Crippen LogP) is 4.42. The number of rotatable bonds is 4. The second-order valence-corrected chi connectivity index (χ2v) is 7.17. The molecule has 2 heterocycles. The zero-order valence-electron chi connectivity index (χ0n) is 15.4. The first-order valence-electron chi connectivity index (χ1n) is 9.13. The lowest BCUT2D eigenvalue weighted by molar-refractivity contribution is -0.134. The molecule has 0 aliphatic carbocycles. The van der Waals surface area contributed by atoms with Crippen molar-refractivity contribution in [3.63, 3.8) is 0 Å². The molecule has 1 aliphatic rings. The van der Waals surface area contributed by atoms with Crippen LogP contribution in [-0.4, -0.2) is 38.6 Å². The highest BCUT2D eigenvalue weighted by Crippen LogP contribution is 2.21. The number of nitrogens with zero attached hydrogens (tertiary/aromatic N) is 3. The van der Waals surface area contributed by atoms with Crippen molar-refractivity contribution in [2.45, 2.75) is 32.9 Å². The summed E-state index contributed by atoms with van der Waals surface area (Å²) in [5.41, 5.74) is 3.53. The van der Waals surface area contributed by atoms with Gasteiger partial charge in [0.1, 0.15) is 5.82 Å². The average molecular weight is 386 g/mol. The van der Waals surface area contributed by atoms with E-state index >= 15 is 0 Å². The Balaban J connectivity index is 0.000000481. The van der Waals surface area contributed by atoms with Gasteiger partial charge >= 0.3 is 0 Å². The lowest BCUT2D eigenvalue weighted by Crippen LogP contribution is -2.21. The standard InChI is InChI=1S/C19H20ClN3.C2H4O2/c20-16-9-7-15(8-10-16)13-23-18-6-2-1-5-17(18)21-19(23)14-22-11-3-4-12-22;1-2(3)4/h1-2,5-10H,3-4,11-14H2;1H3,(H,3,4). The predicted molar refractivity (Wildman–Crippen MR) is 108 cm³/mol. The number of fused-ring (bicyclic) bond motifs is 1. The first kappa shape index (κ1) is 19.4. The number of halogens is 1. The van der Waals surface area contributed by atoms with Crippen LogP contribution < -0.4 is 0 Å². The van der Waals surface area contributed by atoms with Crippen LogP contribution in [0.2, 0.25) is 5.02 Å². The van der Waals surface area contributed by atoms with Crippen molar-refractivity contribution in [3.8, 4) is 0 Å². The summed E-state index contributed by atoms with van der Waals surface area (Å²) in [6.07, 6.45) is 2.61. The summed E-state index contributed by atoms with van der Waals surface area (Å²) in [6.45, 7) is 5.22. The van der Waals surface area contributed by atoms with Gasteiger partial charge in [-0.05, 0) is 55.8 Å². The van der Waals surface area contributed by atoms with Crippen LogP contribution in [0, 0.1) is 0 Å². The lowest BCUT2D eigenvalue weighted by atomic mass is 10.2. The molecule has 1 aromatic heterocycles. The summed E-state index contributed by atoms with van der Waals surface area (Å²) in [4.78, 5) is 16.4. The molecule has 6 heteroatoms. The Morgan fingerprint density at radius 3 is 2.37 bits per heavy atom. The molecule has 1 N–H and O–H groups in total. The van der Waals surface area contributed by atoms with Gasteiger partial charge in [-0.2, -0.15) is 0 Å². The third kappa shape index (κ3) is 5.31. The molecule has 1 aliphatic heterocycles. The summed E-state index contributed by atoms with van der Waals surface area (Å²) < 4.78 is 2.34. The molecule has 142 valence electrons. The number of aromatic nitrogens is 2. The Hall–Kier alpha value is -2.37. The molecule has 3 aromatic rings. The normalized spacial score (nSPS) is 14.1. The number of likely N-dealkylation sites (tertiary alicyclic amines) is 1. The molecule has 27 heavy (non-hydrogen) atoms. The van der Waals surface area contributed by atoms with Crippen LogP contribution in [0.4, 0.5) is 0 Å². The van der Waals surface area contributed by atoms with E-state index in [1.54, 1.807) is 0 Å². The Morgan fingerprint density at radius 1 is 1.07 bits per heavy atom. The maximum Gasteiger partial charge on any atom is 0.300 e. The van der Waals surface area contributed by atoms with Crippen LogP contribution in [0.3, 0.4) is 0 Å². The quantitative estimate of drug-likeness (QED) is 0.722. The molecule has 5 nitrogen and oxygen atoms in total. The van der Waals surface area contributed by atoms with Crippen LogP contribution in [0.25, 0.3) is 11.0 Å². The highest BCUT2D eigenvalue weighted by atomic mass is 35.5. The van der Waals surface area contributed by atoms with Crippen LogP contribution in [0.1, 0.15) is 31.2 Å². The monoisotopic (exact) mass is 385 g/mol. The van der Waals surface area contributed by atoms with Gasteiger partial charge in [0.05, 0.1) is 17.6 Å². The Kier molecular flexibility index (Phi) is 6.48. The van der Waals surface area contributed by atoms with E-state index in [0.29, 0.717) is 0 Å². The summed E-state index contributed by atoms with van der Waals surface area (Å²) in [5, 5.41) is 8.20. The fourth-order valence-electron chi connectivity index (χ4n) is 3.34. The highest BCUT2D eigenvalue weighted by molar-refractivity contribution is 6.30. The number of benzene rings is 2. The van der Waals surface area contributed by atoms with Gasteiger partial charge in [-0.25, -0.2) is 4.98 Å². The van der Waals surface area contributed by atoms with Crippen molar-refractivity contribution in [1.82, 2.24) is 14.5 Å². The van der Waals surface area contributed by atoms with E-state index in [1.165, 1.54) is 37.0 Å². The van der Waals surface area contributed by atoms with Gasteiger partial charge in [0.25, 0.3) is 5.97 Å². The summed E-state index contributed by atoms with van der Waals surface area (Å²) in [5.74, 6) is 0.322. The lowest BCUT2D eigenvalue weighted by Gasteiger charge is -2.16. The van der Waals surface area contributed by atoms with E-state index in [1.807, 2.05) is 12.1 Å². The summed E-state index contributed by atoms with van der Waals surface area (Å²) >= 11 is 6.01. The summed E-state index contributed by atoms with van der Waals surface area (Å²) in [7, 11) is 0. The van der Waals surface area contributed by atoms with Crippen LogP contribution in [-0.2, 0) is 17.9 Å². The zero-order chi connectivity index (χ0) is 19.2. The minimum absolute atomic E-state index is 0.779. The number of carbonyl (C=O) groups is 1. The number of hydrogen-bond acceptors (Lipinski definition) is 3. The molecular formula is C21H24ClN3O2. The van der Waals surface area contributed by atoms with Crippen molar-refractivity contribution in [2.75, 3.05) is 13.1 Å². The van der Waals surface area contributed by atoms with Gasteiger partial charge in [0.15, 0.2) is 0 Å². The third-order valence-electron chi connectivity index (χ3n) is 4.55. The fourth-order valence-corrected chi connectivity index (χ4v) is 3.46. The smallest absolute Gasteiger partial charge is 0.300 e. The van der Waals surface area contributed by atoms with E-state index in [-0.39, 0.29) is 0 Å². The topological polar surface area (TPSA) is 58.4 Å². The van der Waals surface area contributed by atoms with E-state index in [4.69, 9.17) is 26.5 Å². The van der Waals surface area contributed by atoms with Gasteiger partial charge in [-0.15, -0.1) is 0 Å². The first-order valence-corrected chi connectivity index (χ1v) is 9.51. The number of imidazole rings is 1. The third-order valence-corrected chi connectivity index (χ3v) is 4.80. The molecule has 0 bridgehead atoms. The molecule has 2 aromatic carbocycles. The second kappa shape index (κ2) is 9.02. The molecular weight excluding hydrogens is 362 g/mol. The maximum absolute atomic E-state index is 9.00. The van der Waals surface area contributed by atoms with Gasteiger partial charge in [0, 0.05) is 18.5 Å². The minimum atomic E-state index is -0.833. The van der Waals surface area contributed by atoms with Gasteiger partial charge in [0.2, 0.25) is 0 Å². The molecule has 0 unspecified atom stereocenters. The maximum atomic E-state index is 9.00. The van der Waals surface area contributed by atoms with Crippen LogP contribution in [0.15, 0.2) is 48.5 Å². The number of carboxylic acid groups (broad SMARTS) is 1. The summed E-state index contributed by atoms with van der Waals surface area (Å²) in [6, 6.07) is 16.5. The second-order valence-electron chi connectivity index (χ2n) is 6.73. The largest absolute Gasteiger partial charge is 0.481 e. The molecule has 0 radical (unpaired) electrons. The Labute approximate surface area is 164 Å². The molecule has 0 amide bonds. The van der Waals surface area contributed by atoms with E-state index in [2.05, 4.69) is 45.9 Å². The number of carboxylic acids is 1. The molecule has 0 atom stereocenters. The first-order chi connectivity index (χ1) is 13.0. The van der Waals surface area contributed by atoms with Crippen molar-refractivity contribution >= 4 is 28.6 Å². The van der Waals surface area contributed by atoms with E-state index in [9.17, 15) is 0 Å². The van der Waals surface area contributed by atoms with E-state index in [0.717, 1.165) is 36.4 Å². The minimum Gasteiger partial charge on any atom is -0.481 e. The highest BCUT2D eigenvalue weighted by Gasteiger charge is 2.17. The van der Waals surface area contributed by atoms with E-state index < -0.39 is 5.97 Å². The fraction of sp³-hybridized carbons (Fsp3) is 0.333. The van der Waals surface area contributed by atoms with Crippen molar-refractivity contribution in [2.24, 2.45) is 0 Å². The molecule has 1 fully saturated rings. The van der Waals surface area contributed by atoms with Crippen molar-refractivity contribution in [3.05, 3.63) is 64.9 Å². The van der Waals surface area contributed by atoms with Crippen LogP contribution >= 0.6 is 11.6 Å². The average Bonchev–Trinajstić information content (AvgIpc) is 3.25. The van der Waals surface area contributed by atoms with Gasteiger partial charge in [-0.1, -0.05) is 35.9 Å².